The van der Waals surface area contributed by atoms with Crippen molar-refractivity contribution in [3.05, 3.63) is 57.2 Å². The first-order chi connectivity index (χ1) is 12.3. The van der Waals surface area contributed by atoms with Gasteiger partial charge in [0.1, 0.15) is 0 Å². The van der Waals surface area contributed by atoms with E-state index in [0.717, 1.165) is 3.57 Å². The van der Waals surface area contributed by atoms with E-state index in [2.05, 4.69) is 33.2 Å². The van der Waals surface area contributed by atoms with Gasteiger partial charge < -0.3 is 10.6 Å². The van der Waals surface area contributed by atoms with E-state index in [1.807, 2.05) is 26.0 Å². The van der Waals surface area contributed by atoms with Crippen molar-refractivity contribution < 1.29 is 14.4 Å². The molecule has 3 rings (SSSR count). The molecule has 1 aliphatic heterocycles. The predicted molar refractivity (Wildman–Crippen MR) is 108 cm³/mol. The lowest BCUT2D eigenvalue weighted by atomic mass is 10.1. The van der Waals surface area contributed by atoms with Gasteiger partial charge in [-0.3, -0.25) is 14.5 Å². The normalized spacial score (nSPS) is 13.2. The monoisotopic (exact) mass is 463 g/mol. The lowest BCUT2D eigenvalue weighted by molar-refractivity contribution is 0.0636. The fraction of sp³-hybridized carbons (Fsp3) is 0.211. The Bertz CT molecular complexity index is 878. The van der Waals surface area contributed by atoms with Crippen LogP contribution in [0.5, 0.6) is 0 Å². The summed E-state index contributed by atoms with van der Waals surface area (Å²) in [5.74, 6) is -0.413. The summed E-state index contributed by atoms with van der Waals surface area (Å²) < 4.78 is 1.07. The summed E-state index contributed by atoms with van der Waals surface area (Å²) in [6.45, 7) is 4.28. The van der Waals surface area contributed by atoms with E-state index in [4.69, 9.17) is 0 Å². The Labute approximate surface area is 165 Å². The molecule has 0 atom stereocenters. The maximum absolute atomic E-state index is 12.5. The number of urea groups is 1. The molecule has 4 amide bonds. The van der Waals surface area contributed by atoms with E-state index in [0.29, 0.717) is 29.0 Å². The molecule has 134 valence electrons. The zero-order chi connectivity index (χ0) is 18.8. The number of amides is 4. The van der Waals surface area contributed by atoms with Gasteiger partial charge in [-0.1, -0.05) is 13.8 Å². The van der Waals surface area contributed by atoms with Crippen LogP contribution < -0.4 is 10.6 Å². The number of nitrogens with one attached hydrogen (secondary N) is 2. The Morgan fingerprint density at radius 1 is 0.962 bits per heavy atom. The van der Waals surface area contributed by atoms with E-state index < -0.39 is 6.03 Å². The van der Waals surface area contributed by atoms with Crippen molar-refractivity contribution in [2.24, 2.45) is 5.92 Å². The Morgan fingerprint density at radius 3 is 2.19 bits per heavy atom. The molecular formula is C19H18IN3O3. The molecule has 2 N–H and O–H groups in total. The van der Waals surface area contributed by atoms with Crippen molar-refractivity contribution in [2.45, 2.75) is 13.8 Å². The van der Waals surface area contributed by atoms with E-state index in [1.165, 1.54) is 4.90 Å². The topological polar surface area (TPSA) is 78.5 Å². The van der Waals surface area contributed by atoms with Crippen LogP contribution >= 0.6 is 22.6 Å². The van der Waals surface area contributed by atoms with Crippen LogP contribution in [0.2, 0.25) is 0 Å². The second-order valence-corrected chi connectivity index (χ2v) is 7.71. The summed E-state index contributed by atoms with van der Waals surface area (Å²) in [5.41, 5.74) is 1.82. The molecule has 26 heavy (non-hydrogen) atoms. The highest BCUT2D eigenvalue weighted by Gasteiger charge is 2.35. The maximum atomic E-state index is 12.5. The van der Waals surface area contributed by atoms with Gasteiger partial charge >= 0.3 is 6.03 Å². The van der Waals surface area contributed by atoms with Crippen LogP contribution in [-0.2, 0) is 0 Å². The quantitative estimate of drug-likeness (QED) is 0.528. The number of carbonyl (C=O) groups excluding carboxylic acids is 3. The number of fused-ring (bicyclic) bond motifs is 1. The van der Waals surface area contributed by atoms with Crippen LogP contribution in [0.3, 0.4) is 0 Å². The largest absolute Gasteiger partial charge is 0.323 e. The number of nitrogens with zero attached hydrogens (tertiary/aromatic N) is 1. The lowest BCUT2D eigenvalue weighted by Gasteiger charge is -2.15. The van der Waals surface area contributed by atoms with Crippen molar-refractivity contribution in [2.75, 3.05) is 17.2 Å². The standard InChI is InChI=1S/C19H18IN3O3/c1-11(2)10-23-17(24)15-8-7-14(9-16(15)18(23)25)22-19(26)21-13-5-3-12(20)4-6-13/h3-9,11H,10H2,1-2H3,(H2,21,22,26). The minimum absolute atomic E-state index is 0.189. The van der Waals surface area contributed by atoms with E-state index in [9.17, 15) is 14.4 Å². The molecule has 6 nitrogen and oxygen atoms in total. The second kappa shape index (κ2) is 7.45. The number of carbonyl (C=O) groups is 3. The molecule has 1 heterocycles. The van der Waals surface area contributed by atoms with Gasteiger partial charge in [0.25, 0.3) is 11.8 Å². The first-order valence-corrected chi connectivity index (χ1v) is 9.27. The zero-order valence-electron chi connectivity index (χ0n) is 14.4. The van der Waals surface area contributed by atoms with E-state index in [-0.39, 0.29) is 17.7 Å². The summed E-state index contributed by atoms with van der Waals surface area (Å²) >= 11 is 2.19. The molecule has 0 fully saturated rings. The number of rotatable bonds is 4. The molecule has 1 aliphatic rings. The third-order valence-corrected chi connectivity index (χ3v) is 4.60. The number of benzene rings is 2. The van der Waals surface area contributed by atoms with Gasteiger partial charge in [0.2, 0.25) is 0 Å². The first kappa shape index (κ1) is 18.4. The highest BCUT2D eigenvalue weighted by molar-refractivity contribution is 14.1. The van der Waals surface area contributed by atoms with Gasteiger partial charge in [-0.25, -0.2) is 4.79 Å². The molecular weight excluding hydrogens is 445 g/mol. The summed E-state index contributed by atoms with van der Waals surface area (Å²) in [7, 11) is 0. The number of hydrogen-bond donors (Lipinski definition) is 2. The van der Waals surface area contributed by atoms with E-state index >= 15 is 0 Å². The maximum Gasteiger partial charge on any atom is 0.323 e. The Hall–Kier alpha value is -2.42. The predicted octanol–water partition coefficient (Wildman–Crippen LogP) is 4.19. The van der Waals surface area contributed by atoms with E-state index in [1.54, 1.807) is 30.3 Å². The Morgan fingerprint density at radius 2 is 1.54 bits per heavy atom. The molecule has 7 heteroatoms. The van der Waals surface area contributed by atoms with Crippen molar-refractivity contribution >= 4 is 51.8 Å². The van der Waals surface area contributed by atoms with Crippen LogP contribution in [0, 0.1) is 9.49 Å². The summed E-state index contributed by atoms with van der Waals surface area (Å²) in [6, 6.07) is 11.7. The minimum atomic E-state index is -0.415. The first-order valence-electron chi connectivity index (χ1n) is 8.19. The third kappa shape index (κ3) is 3.87. The molecule has 0 saturated carbocycles. The van der Waals surface area contributed by atoms with Gasteiger partial charge in [-0.05, 0) is 71.0 Å². The van der Waals surface area contributed by atoms with Crippen molar-refractivity contribution in [3.8, 4) is 0 Å². The van der Waals surface area contributed by atoms with Gasteiger partial charge in [-0.2, -0.15) is 0 Å². The SMILES string of the molecule is CC(C)CN1C(=O)c2ccc(NC(=O)Nc3ccc(I)cc3)cc2C1=O. The third-order valence-electron chi connectivity index (χ3n) is 3.88. The average Bonchev–Trinajstić information content (AvgIpc) is 2.81. The lowest BCUT2D eigenvalue weighted by Crippen LogP contribution is -2.33. The smallest absolute Gasteiger partial charge is 0.308 e. The molecule has 0 radical (unpaired) electrons. The highest BCUT2D eigenvalue weighted by Crippen LogP contribution is 2.26. The van der Waals surface area contributed by atoms with Crippen LogP contribution in [0.4, 0.5) is 16.2 Å². The fourth-order valence-electron chi connectivity index (χ4n) is 2.73. The van der Waals surface area contributed by atoms with Crippen molar-refractivity contribution in [3.63, 3.8) is 0 Å². The van der Waals surface area contributed by atoms with Crippen molar-refractivity contribution in [1.29, 1.82) is 0 Å². The number of hydrogen-bond acceptors (Lipinski definition) is 3. The molecule has 0 bridgehead atoms. The minimum Gasteiger partial charge on any atom is -0.308 e. The number of imide groups is 1. The summed E-state index contributed by atoms with van der Waals surface area (Å²) in [4.78, 5) is 38.2. The molecule has 0 saturated heterocycles. The van der Waals surface area contributed by atoms with Crippen LogP contribution in [0.25, 0.3) is 0 Å². The second-order valence-electron chi connectivity index (χ2n) is 6.46. The number of anilines is 2. The number of halogens is 1. The fourth-order valence-corrected chi connectivity index (χ4v) is 3.09. The van der Waals surface area contributed by atoms with Gasteiger partial charge in [-0.15, -0.1) is 0 Å². The molecule has 0 unspecified atom stereocenters. The average molecular weight is 463 g/mol. The van der Waals surface area contributed by atoms with Gasteiger partial charge in [0, 0.05) is 21.5 Å². The van der Waals surface area contributed by atoms with Crippen LogP contribution in [-0.4, -0.2) is 29.3 Å². The van der Waals surface area contributed by atoms with Gasteiger partial charge in [0.05, 0.1) is 11.1 Å². The van der Waals surface area contributed by atoms with Gasteiger partial charge in [0.15, 0.2) is 0 Å². The van der Waals surface area contributed by atoms with Crippen molar-refractivity contribution in [1.82, 2.24) is 4.90 Å². The molecule has 2 aromatic rings. The molecule has 0 aromatic heterocycles. The summed E-state index contributed by atoms with van der Waals surface area (Å²) in [5, 5.41) is 5.42. The molecule has 0 spiro atoms. The molecule has 2 aromatic carbocycles. The van der Waals surface area contributed by atoms with Crippen LogP contribution in [0.15, 0.2) is 42.5 Å². The Kier molecular flexibility index (Phi) is 5.26. The molecule has 0 aliphatic carbocycles. The Balaban J connectivity index is 1.73. The highest BCUT2D eigenvalue weighted by atomic mass is 127. The van der Waals surface area contributed by atoms with Crippen LogP contribution in [0.1, 0.15) is 34.6 Å². The zero-order valence-corrected chi connectivity index (χ0v) is 16.5. The summed E-state index contributed by atoms with van der Waals surface area (Å²) in [6.07, 6.45) is 0.